The Bertz CT molecular complexity index is 623. The van der Waals surface area contributed by atoms with E-state index in [1.54, 1.807) is 6.07 Å². The number of halogens is 4. The lowest BCUT2D eigenvalue weighted by Gasteiger charge is -2.11. The number of aromatic nitrogens is 1. The number of nitrogens with zero attached hydrogens (tertiary/aromatic N) is 1. The van der Waals surface area contributed by atoms with E-state index in [0.29, 0.717) is 23.5 Å². The molecule has 108 valence electrons. The molecule has 0 spiro atoms. The van der Waals surface area contributed by atoms with Crippen LogP contribution in [0.1, 0.15) is 28.6 Å². The second-order valence-electron chi connectivity index (χ2n) is 4.26. The summed E-state index contributed by atoms with van der Waals surface area (Å²) in [4.78, 5) is 5.10. The molecule has 1 aromatic carbocycles. The summed E-state index contributed by atoms with van der Waals surface area (Å²) >= 11 is 4.26. The van der Waals surface area contributed by atoms with Crippen LogP contribution in [-0.4, -0.2) is 4.98 Å². The fraction of sp³-hybridized carbons (Fsp3) is 0.308. The molecule has 0 saturated carbocycles. The fourth-order valence-electron chi connectivity index (χ4n) is 1.90. The Balaban J connectivity index is 2.35. The number of hydrogen-bond acceptors (Lipinski definition) is 3. The third-order valence-corrected chi connectivity index (χ3v) is 4.45. The van der Waals surface area contributed by atoms with Gasteiger partial charge in [0.1, 0.15) is 0 Å². The maximum atomic E-state index is 12.9. The lowest BCUT2D eigenvalue weighted by atomic mass is 10.1. The van der Waals surface area contributed by atoms with E-state index in [0.717, 1.165) is 10.6 Å². The third kappa shape index (κ3) is 3.32. The summed E-state index contributed by atoms with van der Waals surface area (Å²) in [5.74, 6) is 0. The number of nitrogen functional groups attached to an aromatic ring is 1. The number of benzene rings is 1. The van der Waals surface area contributed by atoms with Crippen molar-refractivity contribution in [3.8, 4) is 0 Å². The van der Waals surface area contributed by atoms with Gasteiger partial charge in [0.2, 0.25) is 0 Å². The molecule has 0 fully saturated rings. The molecule has 1 aromatic heterocycles. The van der Waals surface area contributed by atoms with E-state index < -0.39 is 11.7 Å². The topological polar surface area (TPSA) is 38.9 Å². The number of alkyl halides is 3. The second kappa shape index (κ2) is 5.73. The summed E-state index contributed by atoms with van der Waals surface area (Å²) in [5.41, 5.74) is 6.44. The minimum absolute atomic E-state index is 0.0493. The first-order valence-corrected chi connectivity index (χ1v) is 7.52. The van der Waals surface area contributed by atoms with E-state index in [-0.39, 0.29) is 4.47 Å². The molecule has 0 bridgehead atoms. The molecule has 0 atom stereocenters. The summed E-state index contributed by atoms with van der Waals surface area (Å²) in [6.07, 6.45) is -3.24. The first-order valence-electron chi connectivity index (χ1n) is 5.91. The van der Waals surface area contributed by atoms with Gasteiger partial charge < -0.3 is 5.73 Å². The van der Waals surface area contributed by atoms with Crippen molar-refractivity contribution in [3.63, 3.8) is 0 Å². The van der Waals surface area contributed by atoms with Crippen LogP contribution >= 0.6 is 27.3 Å². The second-order valence-corrected chi connectivity index (χ2v) is 6.23. The molecule has 0 aliphatic heterocycles. The lowest BCUT2D eigenvalue weighted by Crippen LogP contribution is -2.07. The molecule has 2 aromatic rings. The van der Waals surface area contributed by atoms with E-state index in [1.165, 1.54) is 23.5 Å². The smallest absolute Gasteiger partial charge is 0.375 e. The Morgan fingerprint density at radius 1 is 1.35 bits per heavy atom. The van der Waals surface area contributed by atoms with Crippen molar-refractivity contribution in [2.45, 2.75) is 25.9 Å². The largest absolute Gasteiger partial charge is 0.417 e. The maximum Gasteiger partial charge on any atom is 0.417 e. The molecular weight excluding hydrogens is 353 g/mol. The van der Waals surface area contributed by atoms with Crippen molar-refractivity contribution in [3.05, 3.63) is 44.4 Å². The van der Waals surface area contributed by atoms with Crippen LogP contribution in [0.25, 0.3) is 0 Å². The summed E-state index contributed by atoms with van der Waals surface area (Å²) in [5, 5.41) is 0.449. The van der Waals surface area contributed by atoms with Crippen LogP contribution in [0.3, 0.4) is 0 Å². The molecule has 0 aliphatic carbocycles. The molecular formula is C13H12BrF3N2S. The minimum Gasteiger partial charge on any atom is -0.375 e. The van der Waals surface area contributed by atoms with E-state index in [9.17, 15) is 13.2 Å². The van der Waals surface area contributed by atoms with Gasteiger partial charge >= 0.3 is 6.18 Å². The Labute approximate surface area is 127 Å². The van der Waals surface area contributed by atoms with Gasteiger partial charge in [-0.05, 0) is 24.1 Å². The van der Waals surface area contributed by atoms with Crippen LogP contribution in [0.15, 0.2) is 22.7 Å². The van der Waals surface area contributed by atoms with Crippen molar-refractivity contribution < 1.29 is 13.2 Å². The van der Waals surface area contributed by atoms with Crippen LogP contribution < -0.4 is 5.73 Å². The van der Waals surface area contributed by atoms with Gasteiger partial charge in [-0.3, -0.25) is 0 Å². The fourth-order valence-corrected chi connectivity index (χ4v) is 3.33. The molecule has 1 heterocycles. The van der Waals surface area contributed by atoms with E-state index in [1.807, 2.05) is 6.92 Å². The zero-order chi connectivity index (χ0) is 14.9. The Morgan fingerprint density at radius 3 is 2.65 bits per heavy atom. The predicted molar refractivity (Wildman–Crippen MR) is 77.9 cm³/mol. The summed E-state index contributed by atoms with van der Waals surface area (Å²) in [7, 11) is 0. The number of hydrogen-bond donors (Lipinski definition) is 1. The van der Waals surface area contributed by atoms with Crippen molar-refractivity contribution in [2.75, 3.05) is 5.73 Å². The van der Waals surface area contributed by atoms with Crippen LogP contribution in [0.4, 0.5) is 18.3 Å². The molecule has 2 nitrogen and oxygen atoms in total. The van der Waals surface area contributed by atoms with Crippen LogP contribution in [0.2, 0.25) is 0 Å². The summed E-state index contributed by atoms with van der Waals surface area (Å²) in [6.45, 7) is 1.95. The van der Waals surface area contributed by atoms with Crippen molar-refractivity contribution in [1.29, 1.82) is 0 Å². The minimum atomic E-state index is -4.37. The summed E-state index contributed by atoms with van der Waals surface area (Å²) in [6, 6.07) is 4.27. The molecule has 20 heavy (non-hydrogen) atoms. The molecule has 0 unspecified atom stereocenters. The molecule has 7 heteroatoms. The van der Waals surface area contributed by atoms with Gasteiger partial charge in [0, 0.05) is 15.8 Å². The molecule has 0 aliphatic rings. The number of rotatable bonds is 3. The highest BCUT2D eigenvalue weighted by molar-refractivity contribution is 9.10. The Morgan fingerprint density at radius 2 is 2.05 bits per heavy atom. The maximum absolute atomic E-state index is 12.9. The van der Waals surface area contributed by atoms with Crippen LogP contribution in [-0.2, 0) is 19.0 Å². The highest BCUT2D eigenvalue weighted by Gasteiger charge is 2.33. The highest BCUT2D eigenvalue weighted by Crippen LogP contribution is 2.36. The molecule has 0 amide bonds. The number of nitrogens with two attached hydrogens (primary N) is 1. The van der Waals surface area contributed by atoms with E-state index in [4.69, 9.17) is 5.73 Å². The molecule has 2 rings (SSSR count). The third-order valence-electron chi connectivity index (χ3n) is 2.83. The molecule has 0 saturated heterocycles. The monoisotopic (exact) mass is 364 g/mol. The standard InChI is InChI=1S/C13H12BrF3N2S/c1-2-10-11(20-12(18)19-10)6-7-3-4-9(14)8(5-7)13(15,16)17/h3-5H,2,6H2,1H3,(H2,18,19). The van der Waals surface area contributed by atoms with Gasteiger partial charge in [0.15, 0.2) is 5.13 Å². The Kier molecular flexibility index (Phi) is 4.39. The highest BCUT2D eigenvalue weighted by atomic mass is 79.9. The average molecular weight is 365 g/mol. The average Bonchev–Trinajstić information content (AvgIpc) is 2.70. The van der Waals surface area contributed by atoms with E-state index >= 15 is 0 Å². The van der Waals surface area contributed by atoms with Gasteiger partial charge in [-0.25, -0.2) is 4.98 Å². The SMILES string of the molecule is CCc1nc(N)sc1Cc1ccc(Br)c(C(F)(F)F)c1. The van der Waals surface area contributed by atoms with Gasteiger partial charge in [-0.2, -0.15) is 13.2 Å². The van der Waals surface area contributed by atoms with E-state index in [2.05, 4.69) is 20.9 Å². The number of anilines is 1. The first-order chi connectivity index (χ1) is 9.31. The van der Waals surface area contributed by atoms with Gasteiger partial charge in [0.05, 0.1) is 11.3 Å². The van der Waals surface area contributed by atoms with Crippen molar-refractivity contribution in [1.82, 2.24) is 4.98 Å². The zero-order valence-electron chi connectivity index (χ0n) is 10.6. The normalized spacial score (nSPS) is 11.8. The number of aryl methyl sites for hydroxylation is 1. The lowest BCUT2D eigenvalue weighted by molar-refractivity contribution is -0.138. The molecule has 0 radical (unpaired) electrons. The predicted octanol–water partition coefficient (Wildman–Crippen LogP) is 4.66. The summed E-state index contributed by atoms with van der Waals surface area (Å²) < 4.78 is 38.6. The first kappa shape index (κ1) is 15.3. The quantitative estimate of drug-likeness (QED) is 0.859. The Hall–Kier alpha value is -1.08. The van der Waals surface area contributed by atoms with Crippen molar-refractivity contribution in [2.24, 2.45) is 0 Å². The number of thiazole rings is 1. The zero-order valence-corrected chi connectivity index (χ0v) is 13.0. The van der Waals surface area contributed by atoms with Gasteiger partial charge in [0.25, 0.3) is 0 Å². The van der Waals surface area contributed by atoms with Gasteiger partial charge in [-0.15, -0.1) is 11.3 Å². The van der Waals surface area contributed by atoms with Crippen molar-refractivity contribution >= 4 is 32.4 Å². The van der Waals surface area contributed by atoms with Crippen LogP contribution in [0.5, 0.6) is 0 Å². The van der Waals surface area contributed by atoms with Gasteiger partial charge in [-0.1, -0.05) is 28.9 Å². The van der Waals surface area contributed by atoms with Crippen LogP contribution in [0, 0.1) is 0 Å². The molecule has 2 N–H and O–H groups in total.